The summed E-state index contributed by atoms with van der Waals surface area (Å²) in [6.07, 6.45) is 6.44. The maximum Gasteiger partial charge on any atom is 0.270 e. The number of non-ortho nitro benzene ring substituents is 1. The minimum Gasteiger partial charge on any atom is -0.494 e. The van der Waals surface area contributed by atoms with Crippen LogP contribution in [-0.2, 0) is 6.54 Å². The molecule has 0 aliphatic heterocycles. The summed E-state index contributed by atoms with van der Waals surface area (Å²) in [4.78, 5) is 18.8. The first-order valence-electron chi connectivity index (χ1n) is 12.0. The van der Waals surface area contributed by atoms with Crippen molar-refractivity contribution < 1.29 is 10.0 Å². The van der Waals surface area contributed by atoms with E-state index in [4.69, 9.17) is 4.99 Å². The predicted molar refractivity (Wildman–Crippen MR) is 139 cm³/mol. The van der Waals surface area contributed by atoms with Gasteiger partial charge in [-0.15, -0.1) is 0 Å². The van der Waals surface area contributed by atoms with Crippen LogP contribution < -0.4 is 5.32 Å². The molecule has 5 rings (SSSR count). The van der Waals surface area contributed by atoms with Crippen LogP contribution in [0.15, 0.2) is 77.8 Å². The lowest BCUT2D eigenvalue weighted by atomic mass is 9.95. The standard InChI is InChI=1S/C28H28N4O3/c33-28-26(24-17-23(32(34)35)15-16-25(24)31-28)27(20-7-3-1-4-8-20)30-22-13-11-19(12-14-22)18-29-21-9-5-2-6-10-21/h1,3-4,7-8,11-17,21,29,31,33H,2,5-6,9-10,18H2. The normalized spacial score (nSPS) is 14.9. The van der Waals surface area contributed by atoms with E-state index in [0.29, 0.717) is 28.2 Å². The van der Waals surface area contributed by atoms with Crippen LogP contribution in [0.25, 0.3) is 10.9 Å². The van der Waals surface area contributed by atoms with Crippen molar-refractivity contribution in [1.82, 2.24) is 10.3 Å². The monoisotopic (exact) mass is 468 g/mol. The number of nitrogens with one attached hydrogen (secondary N) is 2. The van der Waals surface area contributed by atoms with Crippen molar-refractivity contribution in [3.8, 4) is 5.88 Å². The van der Waals surface area contributed by atoms with Crippen LogP contribution in [0.5, 0.6) is 5.88 Å². The van der Waals surface area contributed by atoms with Gasteiger partial charge in [-0.2, -0.15) is 0 Å². The van der Waals surface area contributed by atoms with Crippen LogP contribution >= 0.6 is 0 Å². The minimum absolute atomic E-state index is 0.0417. The lowest BCUT2D eigenvalue weighted by molar-refractivity contribution is -0.384. The van der Waals surface area contributed by atoms with E-state index < -0.39 is 4.92 Å². The first-order chi connectivity index (χ1) is 17.1. The second-order valence-electron chi connectivity index (χ2n) is 9.04. The molecule has 0 saturated heterocycles. The highest BCUT2D eigenvalue weighted by Gasteiger charge is 2.21. The van der Waals surface area contributed by atoms with Crippen LogP contribution in [-0.4, -0.2) is 26.8 Å². The predicted octanol–water partition coefficient (Wildman–Crippen LogP) is 6.37. The second-order valence-corrected chi connectivity index (χ2v) is 9.04. The molecule has 1 fully saturated rings. The van der Waals surface area contributed by atoms with E-state index in [-0.39, 0.29) is 11.6 Å². The van der Waals surface area contributed by atoms with Gasteiger partial charge in [0.1, 0.15) is 0 Å². The number of aliphatic imine (C=N–C) groups is 1. The molecule has 4 aromatic rings. The summed E-state index contributed by atoms with van der Waals surface area (Å²) in [6, 6.07) is 22.7. The molecule has 7 heteroatoms. The Morgan fingerprint density at radius 2 is 1.77 bits per heavy atom. The van der Waals surface area contributed by atoms with E-state index >= 15 is 0 Å². The minimum atomic E-state index is -0.438. The van der Waals surface area contributed by atoms with Gasteiger partial charge < -0.3 is 15.4 Å². The number of nitro benzene ring substituents is 1. The maximum atomic E-state index is 11.4. The number of nitrogens with zero attached hydrogens (tertiary/aromatic N) is 2. The summed E-state index contributed by atoms with van der Waals surface area (Å²) >= 11 is 0. The Bertz CT molecular complexity index is 1350. The molecule has 1 aliphatic rings. The zero-order valence-electron chi connectivity index (χ0n) is 19.4. The Balaban J connectivity index is 1.50. The van der Waals surface area contributed by atoms with Crippen LogP contribution in [0, 0.1) is 10.1 Å². The van der Waals surface area contributed by atoms with Gasteiger partial charge >= 0.3 is 0 Å². The molecule has 7 nitrogen and oxygen atoms in total. The number of aromatic amines is 1. The van der Waals surface area contributed by atoms with E-state index in [9.17, 15) is 15.2 Å². The van der Waals surface area contributed by atoms with Gasteiger partial charge in [-0.3, -0.25) is 10.1 Å². The van der Waals surface area contributed by atoms with Crippen molar-refractivity contribution in [2.75, 3.05) is 0 Å². The summed E-state index contributed by atoms with van der Waals surface area (Å²) in [7, 11) is 0. The Morgan fingerprint density at radius 1 is 1.03 bits per heavy atom. The van der Waals surface area contributed by atoms with Gasteiger partial charge in [0, 0.05) is 41.2 Å². The number of H-pyrrole nitrogens is 1. The zero-order chi connectivity index (χ0) is 24.2. The smallest absolute Gasteiger partial charge is 0.270 e. The number of rotatable bonds is 7. The van der Waals surface area contributed by atoms with Crippen molar-refractivity contribution >= 4 is 28.0 Å². The Hall–Kier alpha value is -3.97. The van der Waals surface area contributed by atoms with Crippen LogP contribution in [0.4, 0.5) is 11.4 Å². The molecule has 0 unspecified atom stereocenters. The SMILES string of the molecule is O=[N+]([O-])c1ccc2[nH]c(O)c(C(=Nc3ccc(CNC4CCCCC4)cc3)c3ccccc3)c2c1. The quantitative estimate of drug-likeness (QED) is 0.166. The van der Waals surface area contributed by atoms with Crippen molar-refractivity contribution in [1.29, 1.82) is 0 Å². The van der Waals surface area contributed by atoms with Crippen molar-refractivity contribution in [2.24, 2.45) is 4.99 Å². The lowest BCUT2D eigenvalue weighted by Crippen LogP contribution is -2.30. The van der Waals surface area contributed by atoms with Gasteiger partial charge in [-0.25, -0.2) is 4.99 Å². The highest BCUT2D eigenvalue weighted by molar-refractivity contribution is 6.22. The van der Waals surface area contributed by atoms with E-state index in [0.717, 1.165) is 17.8 Å². The third-order valence-corrected chi connectivity index (χ3v) is 6.63. The van der Waals surface area contributed by atoms with Gasteiger partial charge in [0.25, 0.3) is 5.69 Å². The molecule has 0 radical (unpaired) electrons. The fourth-order valence-corrected chi connectivity index (χ4v) is 4.77. The Morgan fingerprint density at radius 3 is 2.49 bits per heavy atom. The maximum absolute atomic E-state index is 11.4. The molecule has 0 amide bonds. The number of benzene rings is 3. The van der Waals surface area contributed by atoms with Crippen LogP contribution in [0.3, 0.4) is 0 Å². The average Bonchev–Trinajstić information content (AvgIpc) is 3.22. The molecule has 1 aliphatic carbocycles. The van der Waals surface area contributed by atoms with Gasteiger partial charge in [0.2, 0.25) is 0 Å². The summed E-state index contributed by atoms with van der Waals surface area (Å²) < 4.78 is 0. The summed E-state index contributed by atoms with van der Waals surface area (Å²) in [5.74, 6) is -0.0728. The number of aromatic nitrogens is 1. The molecule has 178 valence electrons. The second kappa shape index (κ2) is 10.1. The topological polar surface area (TPSA) is 104 Å². The molecule has 3 aromatic carbocycles. The Labute approximate surface area is 203 Å². The molecular formula is C28H28N4O3. The van der Waals surface area contributed by atoms with E-state index in [1.165, 1.54) is 49.8 Å². The molecule has 3 N–H and O–H groups in total. The number of nitro groups is 1. The number of aromatic hydroxyl groups is 1. The van der Waals surface area contributed by atoms with E-state index in [2.05, 4.69) is 22.4 Å². The van der Waals surface area contributed by atoms with Crippen LogP contribution in [0.1, 0.15) is 48.8 Å². The third-order valence-electron chi connectivity index (χ3n) is 6.63. The lowest BCUT2D eigenvalue weighted by Gasteiger charge is -2.22. The van der Waals surface area contributed by atoms with Crippen LogP contribution in [0.2, 0.25) is 0 Å². The number of hydrogen-bond acceptors (Lipinski definition) is 5. The molecule has 0 atom stereocenters. The Kier molecular flexibility index (Phi) is 6.59. The molecule has 1 heterocycles. The third kappa shape index (κ3) is 5.10. The largest absolute Gasteiger partial charge is 0.494 e. The van der Waals surface area contributed by atoms with Gasteiger partial charge in [0.05, 0.1) is 21.9 Å². The highest BCUT2D eigenvalue weighted by Crippen LogP contribution is 2.33. The molecular weight excluding hydrogens is 440 g/mol. The van der Waals surface area contributed by atoms with Gasteiger partial charge in [0.15, 0.2) is 5.88 Å². The van der Waals surface area contributed by atoms with Crippen molar-refractivity contribution in [2.45, 2.75) is 44.7 Å². The van der Waals surface area contributed by atoms with Crippen molar-refractivity contribution in [3.05, 3.63) is 99.6 Å². The first-order valence-corrected chi connectivity index (χ1v) is 12.0. The van der Waals surface area contributed by atoms with Crippen molar-refractivity contribution in [3.63, 3.8) is 0 Å². The van der Waals surface area contributed by atoms with Gasteiger partial charge in [-0.1, -0.05) is 61.7 Å². The fourth-order valence-electron chi connectivity index (χ4n) is 4.77. The summed E-state index contributed by atoms with van der Waals surface area (Å²) in [5.41, 5.74) is 4.29. The molecule has 1 aromatic heterocycles. The number of fused-ring (bicyclic) bond motifs is 1. The molecule has 0 spiro atoms. The van der Waals surface area contributed by atoms with E-state index in [1.54, 1.807) is 6.07 Å². The zero-order valence-corrected chi connectivity index (χ0v) is 19.4. The molecule has 1 saturated carbocycles. The summed E-state index contributed by atoms with van der Waals surface area (Å²) in [6.45, 7) is 0.826. The fraction of sp³-hybridized carbons (Fsp3) is 0.250. The number of hydrogen-bond donors (Lipinski definition) is 3. The first kappa shape index (κ1) is 22.8. The van der Waals surface area contributed by atoms with E-state index in [1.807, 2.05) is 42.5 Å². The van der Waals surface area contributed by atoms with Gasteiger partial charge in [-0.05, 0) is 36.6 Å². The summed E-state index contributed by atoms with van der Waals surface area (Å²) in [5, 5.41) is 26.4. The molecule has 35 heavy (non-hydrogen) atoms. The molecule has 0 bridgehead atoms. The highest BCUT2D eigenvalue weighted by atomic mass is 16.6. The average molecular weight is 469 g/mol.